The summed E-state index contributed by atoms with van der Waals surface area (Å²) in [5, 5.41) is 0. The van der Waals surface area contributed by atoms with E-state index in [-0.39, 0.29) is 6.04 Å². The predicted molar refractivity (Wildman–Crippen MR) is 69.5 cm³/mol. The summed E-state index contributed by atoms with van der Waals surface area (Å²) in [4.78, 5) is 0. The second kappa shape index (κ2) is 5.55. The maximum absolute atomic E-state index is 6.01. The van der Waals surface area contributed by atoms with Crippen LogP contribution in [0.15, 0.2) is 12.1 Å². The molecule has 0 bridgehead atoms. The van der Waals surface area contributed by atoms with E-state index in [1.807, 2.05) is 12.1 Å². The first kappa shape index (κ1) is 12.6. The molecule has 0 radical (unpaired) electrons. The van der Waals surface area contributed by atoms with Gasteiger partial charge in [0.2, 0.25) is 0 Å². The summed E-state index contributed by atoms with van der Waals surface area (Å²) >= 11 is 2.22. The third-order valence-electron chi connectivity index (χ3n) is 2.34. The highest BCUT2D eigenvalue weighted by atomic mass is 127. The Bertz CT molecular complexity index is 342. The first-order chi connectivity index (χ1) is 7.13. The lowest BCUT2D eigenvalue weighted by molar-refractivity contribution is 0.392. The van der Waals surface area contributed by atoms with Crippen LogP contribution in [0.3, 0.4) is 0 Å². The Balaban J connectivity index is 3.22. The maximum atomic E-state index is 6.01. The highest BCUT2D eigenvalue weighted by molar-refractivity contribution is 14.1. The van der Waals surface area contributed by atoms with Crippen molar-refractivity contribution in [1.82, 2.24) is 0 Å². The highest BCUT2D eigenvalue weighted by Gasteiger charge is 2.14. The zero-order valence-electron chi connectivity index (χ0n) is 9.21. The second-order valence-electron chi connectivity index (χ2n) is 3.24. The van der Waals surface area contributed by atoms with E-state index < -0.39 is 0 Å². The van der Waals surface area contributed by atoms with Crippen molar-refractivity contribution in [3.8, 4) is 11.5 Å². The molecule has 0 saturated heterocycles. The summed E-state index contributed by atoms with van der Waals surface area (Å²) in [6.45, 7) is 2.05. The molecule has 0 spiro atoms. The molecule has 0 saturated carbocycles. The molecule has 1 aromatic rings. The smallest absolute Gasteiger partial charge is 0.132 e. The van der Waals surface area contributed by atoms with Crippen molar-refractivity contribution >= 4 is 22.6 Å². The van der Waals surface area contributed by atoms with Gasteiger partial charge in [-0.2, -0.15) is 0 Å². The zero-order chi connectivity index (χ0) is 11.4. The van der Waals surface area contributed by atoms with Crippen LogP contribution in [0.4, 0.5) is 0 Å². The standard InChI is InChI=1S/C11H16INO2/c1-4-9(13)7-5-11(15-3)8(12)6-10(7)14-2/h5-6,9H,4,13H2,1-3H3. The lowest BCUT2D eigenvalue weighted by Gasteiger charge is -2.16. The predicted octanol–water partition coefficient (Wildman–Crippen LogP) is 2.72. The molecule has 1 aromatic carbocycles. The summed E-state index contributed by atoms with van der Waals surface area (Å²) < 4.78 is 11.6. The molecule has 0 amide bonds. The van der Waals surface area contributed by atoms with Gasteiger partial charge < -0.3 is 15.2 Å². The number of ether oxygens (including phenoxy) is 2. The molecule has 0 fully saturated rings. The third-order valence-corrected chi connectivity index (χ3v) is 3.19. The van der Waals surface area contributed by atoms with Crippen LogP contribution in [0.1, 0.15) is 24.9 Å². The molecule has 2 N–H and O–H groups in total. The number of hydrogen-bond acceptors (Lipinski definition) is 3. The first-order valence-corrected chi connectivity index (χ1v) is 5.88. The topological polar surface area (TPSA) is 44.5 Å². The molecule has 15 heavy (non-hydrogen) atoms. The van der Waals surface area contributed by atoms with Crippen LogP contribution in [-0.2, 0) is 0 Å². The number of hydrogen-bond donors (Lipinski definition) is 1. The molecule has 3 nitrogen and oxygen atoms in total. The van der Waals surface area contributed by atoms with Crippen molar-refractivity contribution in [2.45, 2.75) is 19.4 Å². The van der Waals surface area contributed by atoms with Crippen LogP contribution in [-0.4, -0.2) is 14.2 Å². The number of benzene rings is 1. The van der Waals surface area contributed by atoms with Crippen LogP contribution < -0.4 is 15.2 Å². The summed E-state index contributed by atoms with van der Waals surface area (Å²) in [6.07, 6.45) is 0.875. The van der Waals surface area contributed by atoms with Gasteiger partial charge in [0.05, 0.1) is 17.8 Å². The van der Waals surface area contributed by atoms with Gasteiger partial charge in [-0.05, 0) is 41.1 Å². The second-order valence-corrected chi connectivity index (χ2v) is 4.41. The van der Waals surface area contributed by atoms with Crippen molar-refractivity contribution in [2.24, 2.45) is 5.73 Å². The summed E-state index contributed by atoms with van der Waals surface area (Å²) in [5.74, 6) is 1.67. The van der Waals surface area contributed by atoms with Crippen LogP contribution in [0.2, 0.25) is 0 Å². The minimum atomic E-state index is -0.00847. The molecule has 1 atom stereocenters. The van der Waals surface area contributed by atoms with E-state index in [1.54, 1.807) is 14.2 Å². The molecule has 0 aliphatic carbocycles. The molecule has 0 aromatic heterocycles. The van der Waals surface area contributed by atoms with Crippen molar-refractivity contribution in [1.29, 1.82) is 0 Å². The minimum Gasteiger partial charge on any atom is -0.496 e. The van der Waals surface area contributed by atoms with Crippen LogP contribution in [0.25, 0.3) is 0 Å². The first-order valence-electron chi connectivity index (χ1n) is 4.81. The van der Waals surface area contributed by atoms with Gasteiger partial charge >= 0.3 is 0 Å². The average Bonchev–Trinajstić information content (AvgIpc) is 2.27. The van der Waals surface area contributed by atoms with Gasteiger partial charge in [0.1, 0.15) is 11.5 Å². The number of halogens is 1. The molecule has 0 aliphatic rings. The SMILES string of the molecule is CCC(N)c1cc(OC)c(I)cc1OC. The zero-order valence-corrected chi connectivity index (χ0v) is 11.4. The van der Waals surface area contributed by atoms with Gasteiger partial charge in [-0.3, -0.25) is 0 Å². The Morgan fingerprint density at radius 3 is 2.33 bits per heavy atom. The van der Waals surface area contributed by atoms with E-state index in [0.717, 1.165) is 27.1 Å². The van der Waals surface area contributed by atoms with E-state index in [4.69, 9.17) is 15.2 Å². The summed E-state index contributed by atoms with van der Waals surface area (Å²) in [6, 6.07) is 3.89. The number of nitrogens with two attached hydrogens (primary N) is 1. The molecule has 4 heteroatoms. The monoisotopic (exact) mass is 321 g/mol. The minimum absolute atomic E-state index is 0.00847. The molecular formula is C11H16INO2. The van der Waals surface area contributed by atoms with E-state index >= 15 is 0 Å². The summed E-state index contributed by atoms with van der Waals surface area (Å²) in [7, 11) is 3.31. The fourth-order valence-corrected chi connectivity index (χ4v) is 2.05. The lowest BCUT2D eigenvalue weighted by Crippen LogP contribution is -2.10. The maximum Gasteiger partial charge on any atom is 0.132 e. The molecule has 0 heterocycles. The Morgan fingerprint density at radius 2 is 1.87 bits per heavy atom. The van der Waals surface area contributed by atoms with Crippen molar-refractivity contribution in [2.75, 3.05) is 14.2 Å². The fourth-order valence-electron chi connectivity index (χ4n) is 1.39. The Morgan fingerprint density at radius 1 is 1.27 bits per heavy atom. The Hall–Kier alpha value is -0.490. The van der Waals surface area contributed by atoms with Crippen molar-refractivity contribution in [3.63, 3.8) is 0 Å². The Labute approximate surface area is 104 Å². The van der Waals surface area contributed by atoms with E-state index in [1.165, 1.54) is 0 Å². The number of methoxy groups -OCH3 is 2. The van der Waals surface area contributed by atoms with Gasteiger partial charge in [-0.25, -0.2) is 0 Å². The van der Waals surface area contributed by atoms with E-state index in [9.17, 15) is 0 Å². The summed E-state index contributed by atoms with van der Waals surface area (Å²) in [5.41, 5.74) is 7.00. The van der Waals surface area contributed by atoms with Gasteiger partial charge in [0.15, 0.2) is 0 Å². The quantitative estimate of drug-likeness (QED) is 0.867. The fraction of sp³-hybridized carbons (Fsp3) is 0.455. The van der Waals surface area contributed by atoms with E-state index in [2.05, 4.69) is 29.5 Å². The lowest BCUT2D eigenvalue weighted by atomic mass is 10.0. The third kappa shape index (κ3) is 2.75. The number of rotatable bonds is 4. The van der Waals surface area contributed by atoms with Crippen molar-refractivity contribution < 1.29 is 9.47 Å². The van der Waals surface area contributed by atoms with Crippen LogP contribution in [0, 0.1) is 3.57 Å². The molecule has 84 valence electrons. The van der Waals surface area contributed by atoms with Crippen molar-refractivity contribution in [3.05, 3.63) is 21.3 Å². The molecule has 0 aliphatic heterocycles. The molecule has 1 unspecified atom stereocenters. The largest absolute Gasteiger partial charge is 0.496 e. The highest BCUT2D eigenvalue weighted by Crippen LogP contribution is 2.33. The van der Waals surface area contributed by atoms with Crippen LogP contribution >= 0.6 is 22.6 Å². The normalized spacial score (nSPS) is 12.3. The van der Waals surface area contributed by atoms with E-state index in [0.29, 0.717) is 0 Å². The molecule has 1 rings (SSSR count). The van der Waals surface area contributed by atoms with Gasteiger partial charge in [0.25, 0.3) is 0 Å². The van der Waals surface area contributed by atoms with Crippen LogP contribution in [0.5, 0.6) is 11.5 Å². The molecular weight excluding hydrogens is 305 g/mol. The van der Waals surface area contributed by atoms with Gasteiger partial charge in [0, 0.05) is 11.6 Å². The average molecular weight is 321 g/mol. The van der Waals surface area contributed by atoms with Gasteiger partial charge in [-0.1, -0.05) is 6.92 Å². The Kier molecular flexibility index (Phi) is 4.66. The van der Waals surface area contributed by atoms with Gasteiger partial charge in [-0.15, -0.1) is 0 Å².